The number of carbonyl (C=O) groups is 1. The lowest BCUT2D eigenvalue weighted by molar-refractivity contribution is -0.150. The van der Waals surface area contributed by atoms with Crippen LogP contribution in [0.3, 0.4) is 0 Å². The highest BCUT2D eigenvalue weighted by molar-refractivity contribution is 5.72. The van der Waals surface area contributed by atoms with E-state index >= 15 is 0 Å². The van der Waals surface area contributed by atoms with Gasteiger partial charge in [-0.25, -0.2) is 0 Å². The summed E-state index contributed by atoms with van der Waals surface area (Å²) in [6.45, 7) is 2.81. The molecule has 4 rings (SSSR count). The summed E-state index contributed by atoms with van der Waals surface area (Å²) in [5.41, 5.74) is 0.0971. The third-order valence-corrected chi connectivity index (χ3v) is 6.47. The molecule has 0 radical (unpaired) electrons. The van der Waals surface area contributed by atoms with E-state index in [0.717, 1.165) is 43.4 Å². The van der Waals surface area contributed by atoms with Crippen molar-refractivity contribution in [3.63, 3.8) is 0 Å². The van der Waals surface area contributed by atoms with Gasteiger partial charge < -0.3 is 9.47 Å². The van der Waals surface area contributed by atoms with Crippen LogP contribution in [0.25, 0.3) is 0 Å². The van der Waals surface area contributed by atoms with Crippen LogP contribution in [-0.4, -0.2) is 24.3 Å². The minimum Gasteiger partial charge on any atom is -0.465 e. The zero-order valence-corrected chi connectivity index (χ0v) is 12.5. The molecule has 1 aliphatic heterocycles. The molecule has 0 aromatic rings. The van der Waals surface area contributed by atoms with Crippen LogP contribution in [0.5, 0.6) is 0 Å². The van der Waals surface area contributed by atoms with Gasteiger partial charge in [-0.05, 0) is 69.6 Å². The maximum absolute atomic E-state index is 12.1. The van der Waals surface area contributed by atoms with E-state index in [0.29, 0.717) is 12.7 Å². The van der Waals surface area contributed by atoms with Crippen LogP contribution in [0.4, 0.5) is 0 Å². The van der Waals surface area contributed by atoms with Crippen molar-refractivity contribution in [2.24, 2.45) is 23.7 Å². The topological polar surface area (TPSA) is 38.8 Å². The normalized spacial score (nSPS) is 49.0. The molecule has 1 saturated heterocycles. The number of esters is 1. The third kappa shape index (κ3) is 2.28. The SMILES string of the molecule is CC12CCC(C(=O)OCCC3CC4CCC3C4)CC1O2. The van der Waals surface area contributed by atoms with E-state index in [1.54, 1.807) is 0 Å². The highest BCUT2D eigenvalue weighted by atomic mass is 16.6. The molecule has 6 unspecified atom stereocenters. The monoisotopic (exact) mass is 278 g/mol. The van der Waals surface area contributed by atoms with E-state index in [-0.39, 0.29) is 17.5 Å². The van der Waals surface area contributed by atoms with Crippen LogP contribution in [0.1, 0.15) is 58.3 Å². The smallest absolute Gasteiger partial charge is 0.309 e. The molecule has 3 saturated carbocycles. The first-order valence-corrected chi connectivity index (χ1v) is 8.48. The molecule has 0 N–H and O–H groups in total. The Morgan fingerprint density at radius 2 is 2.15 bits per heavy atom. The molecule has 2 bridgehead atoms. The Morgan fingerprint density at radius 3 is 2.85 bits per heavy atom. The second-order valence-corrected chi connectivity index (χ2v) is 7.78. The predicted molar refractivity (Wildman–Crippen MR) is 75.1 cm³/mol. The molecule has 20 heavy (non-hydrogen) atoms. The summed E-state index contributed by atoms with van der Waals surface area (Å²) in [5, 5.41) is 0. The van der Waals surface area contributed by atoms with Crippen molar-refractivity contribution in [2.75, 3.05) is 6.61 Å². The molecule has 0 amide bonds. The van der Waals surface area contributed by atoms with Crippen LogP contribution >= 0.6 is 0 Å². The van der Waals surface area contributed by atoms with E-state index in [4.69, 9.17) is 9.47 Å². The van der Waals surface area contributed by atoms with Crippen molar-refractivity contribution < 1.29 is 14.3 Å². The highest BCUT2D eigenvalue weighted by Crippen LogP contribution is 2.50. The predicted octanol–water partition coefficient (Wildman–Crippen LogP) is 3.31. The van der Waals surface area contributed by atoms with Crippen molar-refractivity contribution >= 4 is 5.97 Å². The first-order valence-electron chi connectivity index (χ1n) is 8.48. The lowest BCUT2D eigenvalue weighted by Crippen LogP contribution is -2.28. The Morgan fingerprint density at radius 1 is 1.25 bits per heavy atom. The number of rotatable bonds is 4. The van der Waals surface area contributed by atoms with Gasteiger partial charge in [-0.1, -0.05) is 6.42 Å². The van der Waals surface area contributed by atoms with E-state index in [9.17, 15) is 4.79 Å². The fraction of sp³-hybridized carbons (Fsp3) is 0.941. The fourth-order valence-corrected chi connectivity index (χ4v) is 5.02. The molecule has 4 aliphatic rings. The second kappa shape index (κ2) is 4.72. The molecule has 0 aromatic heterocycles. The van der Waals surface area contributed by atoms with Gasteiger partial charge in [-0.2, -0.15) is 0 Å². The molecule has 1 heterocycles. The average molecular weight is 278 g/mol. The molecule has 3 aliphatic carbocycles. The Balaban J connectivity index is 1.19. The second-order valence-electron chi connectivity index (χ2n) is 7.78. The highest BCUT2D eigenvalue weighted by Gasteiger charge is 2.56. The molecule has 3 nitrogen and oxygen atoms in total. The van der Waals surface area contributed by atoms with Crippen LogP contribution in [0.2, 0.25) is 0 Å². The Kier molecular flexibility index (Phi) is 3.10. The number of ether oxygens (including phenoxy) is 2. The average Bonchev–Trinajstić information content (AvgIpc) is 2.77. The summed E-state index contributed by atoms with van der Waals surface area (Å²) in [6.07, 6.45) is 9.95. The summed E-state index contributed by atoms with van der Waals surface area (Å²) < 4.78 is 11.2. The molecule has 3 heteroatoms. The summed E-state index contributed by atoms with van der Waals surface area (Å²) in [5.74, 6) is 2.89. The van der Waals surface area contributed by atoms with Crippen molar-refractivity contribution in [1.82, 2.24) is 0 Å². The van der Waals surface area contributed by atoms with E-state index in [1.807, 2.05) is 0 Å². The Labute approximate surface area is 121 Å². The molecule has 0 aromatic carbocycles. The van der Waals surface area contributed by atoms with Crippen LogP contribution in [0, 0.1) is 23.7 Å². The zero-order chi connectivity index (χ0) is 13.7. The quantitative estimate of drug-likeness (QED) is 0.585. The first-order chi connectivity index (χ1) is 9.64. The van der Waals surface area contributed by atoms with Crippen LogP contribution < -0.4 is 0 Å². The van der Waals surface area contributed by atoms with Gasteiger partial charge in [0.05, 0.1) is 24.2 Å². The van der Waals surface area contributed by atoms with Crippen LogP contribution in [-0.2, 0) is 14.3 Å². The van der Waals surface area contributed by atoms with Gasteiger partial charge in [0.1, 0.15) is 0 Å². The third-order valence-electron chi connectivity index (χ3n) is 6.47. The molecule has 6 atom stereocenters. The lowest BCUT2D eigenvalue weighted by Gasteiger charge is -2.23. The van der Waals surface area contributed by atoms with E-state index < -0.39 is 0 Å². The standard InChI is InChI=1S/C17H26O3/c1-17-6-4-14(10-15(17)20-17)16(18)19-7-5-13-9-11-2-3-12(13)8-11/h11-15H,2-10H2,1H3. The largest absolute Gasteiger partial charge is 0.465 e. The fourth-order valence-electron chi connectivity index (χ4n) is 5.02. The molecule has 4 fully saturated rings. The van der Waals surface area contributed by atoms with Crippen LogP contribution in [0.15, 0.2) is 0 Å². The van der Waals surface area contributed by atoms with Gasteiger partial charge in [0.25, 0.3) is 0 Å². The van der Waals surface area contributed by atoms with Gasteiger partial charge in [-0.15, -0.1) is 0 Å². The van der Waals surface area contributed by atoms with Crippen molar-refractivity contribution in [2.45, 2.75) is 70.0 Å². The van der Waals surface area contributed by atoms with Gasteiger partial charge in [0, 0.05) is 0 Å². The van der Waals surface area contributed by atoms with Crippen molar-refractivity contribution in [1.29, 1.82) is 0 Å². The number of hydrogen-bond acceptors (Lipinski definition) is 3. The van der Waals surface area contributed by atoms with Crippen molar-refractivity contribution in [3.8, 4) is 0 Å². The summed E-state index contributed by atoms with van der Waals surface area (Å²) in [4.78, 5) is 12.1. The summed E-state index contributed by atoms with van der Waals surface area (Å²) in [7, 11) is 0. The van der Waals surface area contributed by atoms with Gasteiger partial charge in [0.2, 0.25) is 0 Å². The maximum Gasteiger partial charge on any atom is 0.309 e. The zero-order valence-electron chi connectivity index (χ0n) is 12.5. The number of fused-ring (bicyclic) bond motifs is 3. The van der Waals surface area contributed by atoms with E-state index in [1.165, 1.54) is 25.7 Å². The van der Waals surface area contributed by atoms with Gasteiger partial charge in [0.15, 0.2) is 0 Å². The Bertz CT molecular complexity index is 407. The minimum absolute atomic E-state index is 0.0331. The maximum atomic E-state index is 12.1. The summed E-state index contributed by atoms with van der Waals surface area (Å²) in [6, 6.07) is 0. The summed E-state index contributed by atoms with van der Waals surface area (Å²) >= 11 is 0. The molecule has 0 spiro atoms. The molecule has 112 valence electrons. The van der Waals surface area contributed by atoms with Gasteiger partial charge in [-0.3, -0.25) is 4.79 Å². The minimum atomic E-state index is 0.0331. The molecular formula is C17H26O3. The number of hydrogen-bond donors (Lipinski definition) is 0. The van der Waals surface area contributed by atoms with E-state index in [2.05, 4.69) is 6.92 Å². The van der Waals surface area contributed by atoms with Gasteiger partial charge >= 0.3 is 5.97 Å². The van der Waals surface area contributed by atoms with Crippen molar-refractivity contribution in [3.05, 3.63) is 0 Å². The lowest BCUT2D eigenvalue weighted by atomic mass is 9.83. The number of epoxide rings is 1. The Hall–Kier alpha value is -0.570. The molecular weight excluding hydrogens is 252 g/mol. The number of carbonyl (C=O) groups excluding carboxylic acids is 1. The first kappa shape index (κ1) is 13.1.